The van der Waals surface area contributed by atoms with E-state index < -0.39 is 0 Å². The molecule has 0 bridgehead atoms. The number of carbonyl (C=O) groups excluding carboxylic acids is 1. The highest BCUT2D eigenvalue weighted by atomic mass is 16.5. The highest BCUT2D eigenvalue weighted by Gasteiger charge is 2.46. The number of hydrogen-bond donors (Lipinski definition) is 0. The highest BCUT2D eigenvalue weighted by Crippen LogP contribution is 2.42. The normalized spacial score (nSPS) is 23.6. The first-order chi connectivity index (χ1) is 11.2. The molecule has 5 heteroatoms. The molecule has 1 aromatic heterocycles. The average Bonchev–Trinajstić information content (AvgIpc) is 3.15. The predicted molar refractivity (Wildman–Crippen MR) is 86.5 cm³/mol. The summed E-state index contributed by atoms with van der Waals surface area (Å²) in [6.45, 7) is 7.83. The van der Waals surface area contributed by atoms with E-state index in [2.05, 4.69) is 0 Å². The summed E-state index contributed by atoms with van der Waals surface area (Å²) in [7, 11) is 0. The molecule has 2 fully saturated rings. The summed E-state index contributed by atoms with van der Waals surface area (Å²) in [6.07, 6.45) is 5.57. The van der Waals surface area contributed by atoms with Crippen LogP contribution in [-0.2, 0) is 9.47 Å². The summed E-state index contributed by atoms with van der Waals surface area (Å²) >= 11 is 0. The minimum absolute atomic E-state index is 0.00575. The number of hydrogen-bond acceptors (Lipinski definition) is 4. The summed E-state index contributed by atoms with van der Waals surface area (Å²) in [4.78, 5) is 14.4. The Kier molecular flexibility index (Phi) is 5.07. The Hall–Kier alpha value is -1.33. The van der Waals surface area contributed by atoms with Crippen LogP contribution in [-0.4, -0.2) is 49.3 Å². The lowest BCUT2D eigenvalue weighted by Crippen LogP contribution is -2.49. The van der Waals surface area contributed by atoms with E-state index in [1.807, 2.05) is 24.8 Å². The summed E-state index contributed by atoms with van der Waals surface area (Å²) in [5, 5.41) is 0. The second-order valence-electron chi connectivity index (χ2n) is 6.61. The molecule has 1 spiro atoms. The van der Waals surface area contributed by atoms with Gasteiger partial charge >= 0.3 is 0 Å². The predicted octanol–water partition coefficient (Wildman–Crippen LogP) is 3.03. The quantitative estimate of drug-likeness (QED) is 0.782. The van der Waals surface area contributed by atoms with Crippen LogP contribution in [0.25, 0.3) is 0 Å². The zero-order valence-corrected chi connectivity index (χ0v) is 14.2. The zero-order chi connectivity index (χ0) is 16.3. The van der Waals surface area contributed by atoms with Crippen LogP contribution < -0.4 is 0 Å². The molecular formula is C18H27NO4. The summed E-state index contributed by atoms with van der Waals surface area (Å²) in [5.41, 5.74) is 0.855. The second kappa shape index (κ2) is 7.05. The monoisotopic (exact) mass is 321 g/mol. The molecule has 0 saturated carbocycles. The van der Waals surface area contributed by atoms with Crippen LogP contribution >= 0.6 is 0 Å². The molecule has 1 atom stereocenters. The molecule has 0 radical (unpaired) electrons. The van der Waals surface area contributed by atoms with Crippen molar-refractivity contribution in [1.29, 1.82) is 0 Å². The lowest BCUT2D eigenvalue weighted by molar-refractivity contribution is -0.0672. The number of aryl methyl sites for hydroxylation is 1. The second-order valence-corrected chi connectivity index (χ2v) is 6.61. The maximum absolute atomic E-state index is 12.5. The lowest BCUT2D eigenvalue weighted by Gasteiger charge is -2.42. The number of piperidine rings is 1. The smallest absolute Gasteiger partial charge is 0.289 e. The molecule has 128 valence electrons. The van der Waals surface area contributed by atoms with Gasteiger partial charge in [0, 0.05) is 38.5 Å². The van der Waals surface area contributed by atoms with Crippen molar-refractivity contribution in [2.45, 2.75) is 45.1 Å². The van der Waals surface area contributed by atoms with Gasteiger partial charge in [0.2, 0.25) is 0 Å². The number of furan rings is 1. The van der Waals surface area contributed by atoms with Gasteiger partial charge in [-0.25, -0.2) is 0 Å². The summed E-state index contributed by atoms with van der Waals surface area (Å²) < 4.78 is 17.0. The standard InChI is InChI=1S/C18H27NO4/c1-3-21-11-5-15-6-13-23-18(15)7-9-19(10-8-18)17(20)16-14(2)4-12-22-16/h4,12,15H,3,5-11,13H2,1-2H3. The van der Waals surface area contributed by atoms with Gasteiger partial charge in [-0.3, -0.25) is 4.79 Å². The molecule has 5 nitrogen and oxygen atoms in total. The number of nitrogens with zero attached hydrogens (tertiary/aromatic N) is 1. The van der Waals surface area contributed by atoms with Gasteiger partial charge in [0.25, 0.3) is 5.91 Å². The number of likely N-dealkylation sites (tertiary alicyclic amines) is 1. The van der Waals surface area contributed by atoms with Gasteiger partial charge < -0.3 is 18.8 Å². The fraction of sp³-hybridized carbons (Fsp3) is 0.722. The van der Waals surface area contributed by atoms with Gasteiger partial charge in [0.05, 0.1) is 11.9 Å². The van der Waals surface area contributed by atoms with Crippen molar-refractivity contribution >= 4 is 5.91 Å². The fourth-order valence-electron chi connectivity index (χ4n) is 3.94. The third kappa shape index (κ3) is 3.31. The van der Waals surface area contributed by atoms with Gasteiger partial charge in [-0.05, 0) is 51.5 Å². The van der Waals surface area contributed by atoms with Crippen LogP contribution in [0.2, 0.25) is 0 Å². The van der Waals surface area contributed by atoms with Crippen molar-refractivity contribution in [3.05, 3.63) is 23.7 Å². The third-order valence-electron chi connectivity index (χ3n) is 5.37. The third-order valence-corrected chi connectivity index (χ3v) is 5.37. The molecule has 0 aliphatic carbocycles. The maximum Gasteiger partial charge on any atom is 0.289 e. The van der Waals surface area contributed by atoms with E-state index in [1.54, 1.807) is 6.26 Å². The Balaban J connectivity index is 1.59. The number of carbonyl (C=O) groups is 1. The van der Waals surface area contributed by atoms with E-state index in [9.17, 15) is 4.79 Å². The number of amides is 1. The minimum Gasteiger partial charge on any atom is -0.459 e. The van der Waals surface area contributed by atoms with Crippen molar-refractivity contribution in [3.8, 4) is 0 Å². The summed E-state index contributed by atoms with van der Waals surface area (Å²) in [5.74, 6) is 1.03. The van der Waals surface area contributed by atoms with Crippen LogP contribution in [0.5, 0.6) is 0 Å². The maximum atomic E-state index is 12.5. The molecule has 2 saturated heterocycles. The molecule has 2 aliphatic heterocycles. The first-order valence-corrected chi connectivity index (χ1v) is 8.71. The average molecular weight is 321 g/mol. The van der Waals surface area contributed by atoms with Crippen molar-refractivity contribution in [2.24, 2.45) is 5.92 Å². The Morgan fingerprint density at radius 1 is 1.43 bits per heavy atom. The Bertz CT molecular complexity index is 531. The molecule has 1 aromatic rings. The van der Waals surface area contributed by atoms with Crippen LogP contribution in [0.15, 0.2) is 16.7 Å². The van der Waals surface area contributed by atoms with E-state index in [4.69, 9.17) is 13.9 Å². The van der Waals surface area contributed by atoms with Gasteiger partial charge in [0.1, 0.15) is 0 Å². The Labute approximate surface area is 137 Å². The van der Waals surface area contributed by atoms with Crippen LogP contribution in [0, 0.1) is 12.8 Å². The number of rotatable bonds is 5. The molecule has 1 unspecified atom stereocenters. The van der Waals surface area contributed by atoms with Crippen LogP contribution in [0.3, 0.4) is 0 Å². The van der Waals surface area contributed by atoms with E-state index in [-0.39, 0.29) is 11.5 Å². The first kappa shape index (κ1) is 16.5. The fourth-order valence-corrected chi connectivity index (χ4v) is 3.94. The van der Waals surface area contributed by atoms with E-state index >= 15 is 0 Å². The molecule has 3 heterocycles. The van der Waals surface area contributed by atoms with Crippen molar-refractivity contribution in [2.75, 3.05) is 32.9 Å². The lowest BCUT2D eigenvalue weighted by atomic mass is 9.78. The van der Waals surface area contributed by atoms with Crippen molar-refractivity contribution in [1.82, 2.24) is 4.90 Å². The van der Waals surface area contributed by atoms with E-state index in [0.29, 0.717) is 11.7 Å². The molecular weight excluding hydrogens is 294 g/mol. The van der Waals surface area contributed by atoms with Crippen LogP contribution in [0.1, 0.15) is 48.7 Å². The van der Waals surface area contributed by atoms with Crippen LogP contribution in [0.4, 0.5) is 0 Å². The molecule has 3 rings (SSSR count). The van der Waals surface area contributed by atoms with E-state index in [1.165, 1.54) is 0 Å². The minimum atomic E-state index is -0.0495. The molecule has 0 N–H and O–H groups in total. The van der Waals surface area contributed by atoms with Gasteiger partial charge in [-0.2, -0.15) is 0 Å². The Morgan fingerprint density at radius 3 is 2.87 bits per heavy atom. The van der Waals surface area contributed by atoms with Gasteiger partial charge in [-0.15, -0.1) is 0 Å². The Morgan fingerprint density at radius 2 is 2.22 bits per heavy atom. The molecule has 23 heavy (non-hydrogen) atoms. The van der Waals surface area contributed by atoms with E-state index in [0.717, 1.165) is 64.2 Å². The topological polar surface area (TPSA) is 51.9 Å². The number of ether oxygens (including phenoxy) is 2. The first-order valence-electron chi connectivity index (χ1n) is 8.71. The molecule has 1 amide bonds. The SMILES string of the molecule is CCOCCC1CCOC12CCN(C(=O)c1occc1C)CC2. The summed E-state index contributed by atoms with van der Waals surface area (Å²) in [6, 6.07) is 1.84. The van der Waals surface area contributed by atoms with Crippen molar-refractivity contribution in [3.63, 3.8) is 0 Å². The highest BCUT2D eigenvalue weighted by molar-refractivity contribution is 5.92. The van der Waals surface area contributed by atoms with Gasteiger partial charge in [0.15, 0.2) is 5.76 Å². The van der Waals surface area contributed by atoms with Crippen molar-refractivity contribution < 1.29 is 18.7 Å². The molecule has 0 aromatic carbocycles. The molecule has 2 aliphatic rings. The largest absolute Gasteiger partial charge is 0.459 e. The zero-order valence-electron chi connectivity index (χ0n) is 14.2. The van der Waals surface area contributed by atoms with Gasteiger partial charge in [-0.1, -0.05) is 0 Å².